The van der Waals surface area contributed by atoms with Crippen LogP contribution in [0, 0.1) is 5.92 Å². The summed E-state index contributed by atoms with van der Waals surface area (Å²) in [4.78, 5) is 28.1. The predicted octanol–water partition coefficient (Wildman–Crippen LogP) is 2.88. The lowest BCUT2D eigenvalue weighted by Gasteiger charge is -2.30. The Morgan fingerprint density at radius 2 is 1.61 bits per heavy atom. The highest BCUT2D eigenvalue weighted by atomic mass is 35.5. The second kappa shape index (κ2) is 6.58. The zero-order valence-electron chi connectivity index (χ0n) is 15.4. The zero-order valence-corrected chi connectivity index (χ0v) is 16.2. The molecule has 0 aromatic heterocycles. The van der Waals surface area contributed by atoms with Crippen molar-refractivity contribution in [1.82, 2.24) is 10.0 Å². The van der Waals surface area contributed by atoms with Crippen LogP contribution in [0.15, 0.2) is 48.5 Å². The lowest BCUT2D eigenvalue weighted by molar-refractivity contribution is -0.126. The fourth-order valence-corrected chi connectivity index (χ4v) is 4.97. The lowest BCUT2D eigenvalue weighted by atomic mass is 9.89. The van der Waals surface area contributed by atoms with Gasteiger partial charge >= 0.3 is 0 Å². The third-order valence-electron chi connectivity index (χ3n) is 5.95. The maximum atomic E-state index is 13.5. The quantitative estimate of drug-likeness (QED) is 0.745. The van der Waals surface area contributed by atoms with Crippen LogP contribution in [0.1, 0.15) is 18.0 Å². The van der Waals surface area contributed by atoms with E-state index in [0.29, 0.717) is 10.7 Å². The molecule has 2 aromatic carbocycles. The van der Waals surface area contributed by atoms with Crippen LogP contribution in [0.2, 0.25) is 5.02 Å². The Bertz CT molecular complexity index is 948. The van der Waals surface area contributed by atoms with Crippen LogP contribution in [0.5, 0.6) is 5.75 Å². The highest BCUT2D eigenvalue weighted by Crippen LogP contribution is 2.50. The second-order valence-corrected chi connectivity index (χ2v) is 7.76. The van der Waals surface area contributed by atoms with Crippen molar-refractivity contribution in [2.45, 2.75) is 18.5 Å². The molecule has 0 bridgehead atoms. The number of ether oxygens (including phenoxy) is 1. The number of fused-ring (bicyclic) bond motifs is 3. The van der Waals surface area contributed by atoms with Crippen molar-refractivity contribution in [1.29, 1.82) is 0 Å². The molecule has 0 unspecified atom stereocenters. The van der Waals surface area contributed by atoms with Crippen molar-refractivity contribution in [2.75, 3.05) is 25.1 Å². The largest absolute Gasteiger partial charge is 0.496 e. The van der Waals surface area contributed by atoms with Crippen LogP contribution in [-0.4, -0.2) is 48.1 Å². The molecule has 3 heterocycles. The van der Waals surface area contributed by atoms with Crippen molar-refractivity contribution in [3.63, 3.8) is 0 Å². The topological polar surface area (TPSA) is 53.1 Å². The first-order valence-corrected chi connectivity index (χ1v) is 9.79. The number of methoxy groups -OCH3 is 1. The fourth-order valence-electron chi connectivity index (χ4n) is 4.84. The molecule has 3 aliphatic rings. The van der Waals surface area contributed by atoms with E-state index in [1.165, 1.54) is 4.90 Å². The average molecular weight is 398 g/mol. The van der Waals surface area contributed by atoms with Crippen molar-refractivity contribution in [3.05, 3.63) is 59.1 Å². The molecule has 144 valence electrons. The number of halogens is 1. The summed E-state index contributed by atoms with van der Waals surface area (Å²) >= 11 is 5.98. The van der Waals surface area contributed by atoms with E-state index in [9.17, 15) is 9.59 Å². The zero-order chi connectivity index (χ0) is 19.4. The molecule has 28 heavy (non-hydrogen) atoms. The summed E-state index contributed by atoms with van der Waals surface area (Å²) in [6.45, 7) is 1.61. The van der Waals surface area contributed by atoms with Crippen molar-refractivity contribution < 1.29 is 14.3 Å². The Labute approximate surface area is 168 Å². The number of rotatable bonds is 3. The average Bonchev–Trinajstić information content (AvgIpc) is 3.35. The Kier molecular flexibility index (Phi) is 4.16. The molecule has 0 N–H and O–H groups in total. The molecule has 2 aromatic rings. The van der Waals surface area contributed by atoms with Gasteiger partial charge in [0.15, 0.2) is 0 Å². The highest BCUT2D eigenvalue weighted by Gasteiger charge is 2.63. The molecule has 0 radical (unpaired) electrons. The van der Waals surface area contributed by atoms with Gasteiger partial charge in [0.2, 0.25) is 5.91 Å². The molecule has 0 saturated carbocycles. The number of hydrogen-bond donors (Lipinski definition) is 0. The van der Waals surface area contributed by atoms with Crippen LogP contribution in [0.25, 0.3) is 0 Å². The minimum absolute atomic E-state index is 0.164. The molecular weight excluding hydrogens is 378 g/mol. The van der Waals surface area contributed by atoms with Gasteiger partial charge in [0, 0.05) is 23.7 Å². The summed E-state index contributed by atoms with van der Waals surface area (Å²) in [5, 5.41) is 4.83. The van der Waals surface area contributed by atoms with Gasteiger partial charge in [-0.25, -0.2) is 14.9 Å². The number of para-hydroxylation sites is 1. The predicted molar refractivity (Wildman–Crippen MR) is 105 cm³/mol. The maximum absolute atomic E-state index is 13.5. The molecule has 3 saturated heterocycles. The molecule has 3 atom stereocenters. The standard InChI is InChI=1S/C21H20ClN3O3/c1-28-16-6-3-2-5-15(16)18-17-19(24-12-4-11-23(18)24)21(27)25(20(17)26)14-9-7-13(22)8-10-14/h2-3,5-10,17-19H,4,11-12H2,1H3/t17-,18-,19-/m0/s1. The summed E-state index contributed by atoms with van der Waals surface area (Å²) in [6, 6.07) is 13.9. The molecule has 3 fully saturated rings. The molecule has 0 spiro atoms. The maximum Gasteiger partial charge on any atom is 0.253 e. The summed E-state index contributed by atoms with van der Waals surface area (Å²) in [6.07, 6.45) is 0.970. The molecule has 3 aliphatic heterocycles. The Hall–Kier alpha value is -2.41. The molecular formula is C21H20ClN3O3. The fraction of sp³-hybridized carbons (Fsp3) is 0.333. The molecule has 6 nitrogen and oxygen atoms in total. The Morgan fingerprint density at radius 1 is 0.929 bits per heavy atom. The normalized spacial score (nSPS) is 27.4. The minimum Gasteiger partial charge on any atom is -0.496 e. The van der Waals surface area contributed by atoms with Crippen molar-refractivity contribution >= 4 is 29.1 Å². The number of amides is 2. The smallest absolute Gasteiger partial charge is 0.253 e. The van der Waals surface area contributed by atoms with Gasteiger partial charge in [-0.2, -0.15) is 0 Å². The number of imide groups is 1. The first-order valence-electron chi connectivity index (χ1n) is 9.41. The third-order valence-corrected chi connectivity index (χ3v) is 6.20. The summed E-state index contributed by atoms with van der Waals surface area (Å²) < 4.78 is 5.57. The number of hydrogen-bond acceptors (Lipinski definition) is 5. The first kappa shape index (κ1) is 17.7. The van der Waals surface area contributed by atoms with Crippen LogP contribution >= 0.6 is 11.6 Å². The van der Waals surface area contributed by atoms with Crippen LogP contribution in [-0.2, 0) is 9.59 Å². The van der Waals surface area contributed by atoms with Gasteiger partial charge in [-0.1, -0.05) is 29.8 Å². The Morgan fingerprint density at radius 3 is 2.32 bits per heavy atom. The second-order valence-electron chi connectivity index (χ2n) is 7.33. The monoisotopic (exact) mass is 397 g/mol. The number of anilines is 1. The molecule has 5 rings (SSSR count). The van der Waals surface area contributed by atoms with Crippen molar-refractivity contribution in [2.24, 2.45) is 5.92 Å². The third kappa shape index (κ3) is 2.42. The lowest BCUT2D eigenvalue weighted by Crippen LogP contribution is -2.44. The summed E-state index contributed by atoms with van der Waals surface area (Å²) in [5.74, 6) is -0.0470. The molecule has 7 heteroatoms. The number of benzene rings is 2. The number of carbonyl (C=O) groups is 2. The van der Waals surface area contributed by atoms with Crippen LogP contribution in [0.4, 0.5) is 5.69 Å². The number of nitrogens with zero attached hydrogens (tertiary/aromatic N) is 3. The number of hydrazine groups is 1. The van der Waals surface area contributed by atoms with Gasteiger partial charge < -0.3 is 4.74 Å². The van der Waals surface area contributed by atoms with E-state index in [1.54, 1.807) is 31.4 Å². The summed E-state index contributed by atoms with van der Waals surface area (Å²) in [7, 11) is 1.63. The highest BCUT2D eigenvalue weighted by molar-refractivity contribution is 6.31. The van der Waals surface area contributed by atoms with E-state index in [0.717, 1.165) is 30.8 Å². The number of carbonyl (C=O) groups excluding carboxylic acids is 2. The van der Waals surface area contributed by atoms with Gasteiger partial charge in [-0.15, -0.1) is 0 Å². The Balaban J connectivity index is 1.60. The molecule has 2 amide bonds. The minimum atomic E-state index is -0.472. The van der Waals surface area contributed by atoms with Gasteiger partial charge in [-0.05, 0) is 36.8 Å². The van der Waals surface area contributed by atoms with E-state index in [2.05, 4.69) is 10.0 Å². The van der Waals surface area contributed by atoms with Gasteiger partial charge in [0.1, 0.15) is 11.8 Å². The summed E-state index contributed by atoms with van der Waals surface area (Å²) in [5.41, 5.74) is 1.52. The first-order chi connectivity index (χ1) is 13.6. The van der Waals surface area contributed by atoms with Crippen LogP contribution < -0.4 is 9.64 Å². The van der Waals surface area contributed by atoms with Crippen LogP contribution in [0.3, 0.4) is 0 Å². The van der Waals surface area contributed by atoms with Gasteiger partial charge in [0.25, 0.3) is 5.91 Å². The van der Waals surface area contributed by atoms with Gasteiger partial charge in [0.05, 0.1) is 24.8 Å². The van der Waals surface area contributed by atoms with Crippen molar-refractivity contribution in [3.8, 4) is 5.75 Å². The van der Waals surface area contributed by atoms with E-state index >= 15 is 0 Å². The van der Waals surface area contributed by atoms with E-state index in [1.807, 2.05) is 24.3 Å². The van der Waals surface area contributed by atoms with Gasteiger partial charge in [-0.3, -0.25) is 9.59 Å². The van der Waals surface area contributed by atoms with E-state index < -0.39 is 12.0 Å². The van der Waals surface area contributed by atoms with E-state index in [-0.39, 0.29) is 17.9 Å². The van der Waals surface area contributed by atoms with E-state index in [4.69, 9.17) is 16.3 Å². The SMILES string of the molecule is COc1ccccc1[C@H]1[C@@H]2C(=O)N(c3ccc(Cl)cc3)C(=O)[C@H]2N2CCCN12. The molecule has 0 aliphatic carbocycles.